The van der Waals surface area contributed by atoms with Crippen molar-refractivity contribution in [3.63, 3.8) is 0 Å². The lowest BCUT2D eigenvalue weighted by molar-refractivity contribution is 0.0757. The highest BCUT2D eigenvalue weighted by molar-refractivity contribution is 8.00. The SMILES string of the molecule is CC1CCCC(CNC(C)C)(CN2CCSC(C)(C)C2)C1. The smallest absolute Gasteiger partial charge is 0.0231 e. The molecule has 2 fully saturated rings. The van der Waals surface area contributed by atoms with Gasteiger partial charge in [0, 0.05) is 42.7 Å². The first-order valence-electron chi connectivity index (χ1n) is 8.90. The fourth-order valence-electron chi connectivity index (χ4n) is 4.27. The van der Waals surface area contributed by atoms with Crippen molar-refractivity contribution in [2.24, 2.45) is 11.3 Å². The fourth-order valence-corrected chi connectivity index (χ4v) is 5.45. The average molecular weight is 313 g/mol. The molecule has 0 spiro atoms. The highest BCUT2D eigenvalue weighted by Crippen LogP contribution is 2.41. The van der Waals surface area contributed by atoms with Crippen molar-refractivity contribution in [3.8, 4) is 0 Å². The molecule has 0 aromatic heterocycles. The summed E-state index contributed by atoms with van der Waals surface area (Å²) in [7, 11) is 0. The van der Waals surface area contributed by atoms with Crippen LogP contribution in [-0.4, -0.2) is 47.6 Å². The van der Waals surface area contributed by atoms with Gasteiger partial charge in [-0.2, -0.15) is 11.8 Å². The standard InChI is InChI=1S/C18H36N2S/c1-15(2)19-12-18(8-6-7-16(3)11-18)14-20-9-10-21-17(4,5)13-20/h15-16,19H,6-14H2,1-5H3. The lowest BCUT2D eigenvalue weighted by Crippen LogP contribution is -2.52. The Hall–Kier alpha value is 0.270. The van der Waals surface area contributed by atoms with E-state index in [0.717, 1.165) is 5.92 Å². The summed E-state index contributed by atoms with van der Waals surface area (Å²) < 4.78 is 0.436. The Bertz CT molecular complexity index is 329. The van der Waals surface area contributed by atoms with Gasteiger partial charge in [-0.25, -0.2) is 0 Å². The van der Waals surface area contributed by atoms with Crippen LogP contribution >= 0.6 is 11.8 Å². The van der Waals surface area contributed by atoms with Crippen LogP contribution in [0.1, 0.15) is 60.3 Å². The van der Waals surface area contributed by atoms with Gasteiger partial charge in [-0.1, -0.05) is 33.6 Å². The van der Waals surface area contributed by atoms with Crippen LogP contribution in [0.3, 0.4) is 0 Å². The summed E-state index contributed by atoms with van der Waals surface area (Å²) in [5.74, 6) is 2.20. The number of hydrogen-bond acceptors (Lipinski definition) is 3. The van der Waals surface area contributed by atoms with Gasteiger partial charge in [0.2, 0.25) is 0 Å². The van der Waals surface area contributed by atoms with Crippen molar-refractivity contribution in [1.29, 1.82) is 0 Å². The molecule has 1 heterocycles. The molecule has 2 atom stereocenters. The second kappa shape index (κ2) is 7.23. The molecular weight excluding hydrogens is 276 g/mol. The molecule has 2 rings (SSSR count). The molecule has 3 heteroatoms. The molecule has 0 aromatic carbocycles. The largest absolute Gasteiger partial charge is 0.314 e. The Morgan fingerprint density at radius 1 is 1.33 bits per heavy atom. The van der Waals surface area contributed by atoms with Gasteiger partial charge in [0.1, 0.15) is 0 Å². The highest BCUT2D eigenvalue weighted by Gasteiger charge is 2.38. The molecule has 2 aliphatic rings. The van der Waals surface area contributed by atoms with Crippen LogP contribution in [0.15, 0.2) is 0 Å². The molecule has 1 N–H and O–H groups in total. The number of rotatable bonds is 5. The topological polar surface area (TPSA) is 15.3 Å². The van der Waals surface area contributed by atoms with Crippen molar-refractivity contribution in [2.45, 2.75) is 71.1 Å². The molecular formula is C18H36N2S. The second-order valence-electron chi connectivity index (χ2n) is 8.56. The maximum Gasteiger partial charge on any atom is 0.0231 e. The molecule has 2 unspecified atom stereocenters. The van der Waals surface area contributed by atoms with Crippen LogP contribution in [0.25, 0.3) is 0 Å². The first-order chi connectivity index (χ1) is 9.80. The molecule has 0 amide bonds. The summed E-state index contributed by atoms with van der Waals surface area (Å²) in [6.07, 6.45) is 5.69. The number of nitrogens with zero attached hydrogens (tertiary/aromatic N) is 1. The van der Waals surface area contributed by atoms with Gasteiger partial charge in [0.15, 0.2) is 0 Å². The van der Waals surface area contributed by atoms with E-state index in [-0.39, 0.29) is 0 Å². The van der Waals surface area contributed by atoms with E-state index < -0.39 is 0 Å². The van der Waals surface area contributed by atoms with Gasteiger partial charge in [0.25, 0.3) is 0 Å². The minimum atomic E-state index is 0.436. The van der Waals surface area contributed by atoms with Crippen LogP contribution in [0.5, 0.6) is 0 Å². The zero-order chi connectivity index (χ0) is 15.5. The second-order valence-corrected chi connectivity index (χ2v) is 10.4. The van der Waals surface area contributed by atoms with Gasteiger partial charge in [0.05, 0.1) is 0 Å². The van der Waals surface area contributed by atoms with Crippen molar-refractivity contribution < 1.29 is 0 Å². The lowest BCUT2D eigenvalue weighted by Gasteiger charge is -2.47. The van der Waals surface area contributed by atoms with Crippen LogP contribution in [0, 0.1) is 11.3 Å². The van der Waals surface area contributed by atoms with Crippen LogP contribution < -0.4 is 5.32 Å². The molecule has 124 valence electrons. The summed E-state index contributed by atoms with van der Waals surface area (Å²) in [6.45, 7) is 16.9. The number of thioether (sulfide) groups is 1. The third-order valence-electron chi connectivity index (χ3n) is 5.13. The van der Waals surface area contributed by atoms with E-state index in [4.69, 9.17) is 0 Å². The van der Waals surface area contributed by atoms with E-state index in [1.54, 1.807) is 0 Å². The highest BCUT2D eigenvalue weighted by atomic mass is 32.2. The van der Waals surface area contributed by atoms with Crippen LogP contribution in [-0.2, 0) is 0 Å². The van der Waals surface area contributed by atoms with E-state index in [9.17, 15) is 0 Å². The van der Waals surface area contributed by atoms with Crippen molar-refractivity contribution in [1.82, 2.24) is 10.2 Å². The van der Waals surface area contributed by atoms with E-state index in [0.29, 0.717) is 16.2 Å². The minimum absolute atomic E-state index is 0.436. The van der Waals surface area contributed by atoms with Crippen molar-refractivity contribution >= 4 is 11.8 Å². The average Bonchev–Trinajstić information content (AvgIpc) is 2.35. The van der Waals surface area contributed by atoms with Crippen LogP contribution in [0.4, 0.5) is 0 Å². The van der Waals surface area contributed by atoms with Gasteiger partial charge in [-0.15, -0.1) is 0 Å². The fraction of sp³-hybridized carbons (Fsp3) is 1.00. The van der Waals surface area contributed by atoms with Crippen molar-refractivity contribution in [3.05, 3.63) is 0 Å². The predicted molar refractivity (Wildman–Crippen MR) is 96.2 cm³/mol. The lowest BCUT2D eigenvalue weighted by atomic mass is 9.69. The Balaban J connectivity index is 2.01. The third kappa shape index (κ3) is 5.44. The quantitative estimate of drug-likeness (QED) is 0.826. The van der Waals surface area contributed by atoms with Crippen LogP contribution in [0.2, 0.25) is 0 Å². The molecule has 0 bridgehead atoms. The summed E-state index contributed by atoms with van der Waals surface area (Å²) in [6, 6.07) is 0.604. The summed E-state index contributed by atoms with van der Waals surface area (Å²) >= 11 is 2.15. The molecule has 1 aliphatic heterocycles. The number of nitrogens with one attached hydrogen (secondary N) is 1. The van der Waals surface area contributed by atoms with Gasteiger partial charge >= 0.3 is 0 Å². The minimum Gasteiger partial charge on any atom is -0.314 e. The molecule has 0 aromatic rings. The van der Waals surface area contributed by atoms with E-state index >= 15 is 0 Å². The monoisotopic (exact) mass is 312 g/mol. The first-order valence-corrected chi connectivity index (χ1v) is 9.89. The van der Waals surface area contributed by atoms with Gasteiger partial charge in [-0.3, -0.25) is 0 Å². The first kappa shape index (κ1) is 17.6. The van der Waals surface area contributed by atoms with Crippen molar-refractivity contribution in [2.75, 3.05) is 31.9 Å². The third-order valence-corrected chi connectivity index (χ3v) is 6.43. The normalized spacial score (nSPS) is 34.3. The molecule has 2 nitrogen and oxygen atoms in total. The molecule has 21 heavy (non-hydrogen) atoms. The Labute approximate surface area is 136 Å². The summed E-state index contributed by atoms with van der Waals surface area (Å²) in [4.78, 5) is 2.76. The maximum atomic E-state index is 3.76. The van der Waals surface area contributed by atoms with E-state index in [1.165, 1.54) is 57.6 Å². The maximum absolute atomic E-state index is 3.76. The predicted octanol–water partition coefficient (Wildman–Crippen LogP) is 4.01. The molecule has 0 radical (unpaired) electrons. The summed E-state index contributed by atoms with van der Waals surface area (Å²) in [5, 5.41) is 3.76. The molecule has 1 aliphatic carbocycles. The molecule has 1 saturated heterocycles. The van der Waals surface area contributed by atoms with E-state index in [1.807, 2.05) is 0 Å². The van der Waals surface area contributed by atoms with Gasteiger partial charge in [-0.05, 0) is 38.0 Å². The summed E-state index contributed by atoms with van der Waals surface area (Å²) in [5.41, 5.74) is 0.514. The zero-order valence-corrected chi connectivity index (χ0v) is 15.7. The zero-order valence-electron chi connectivity index (χ0n) is 14.9. The Kier molecular flexibility index (Phi) is 6.07. The number of hydrogen-bond donors (Lipinski definition) is 1. The van der Waals surface area contributed by atoms with E-state index in [2.05, 4.69) is 56.6 Å². The Morgan fingerprint density at radius 2 is 2.10 bits per heavy atom. The molecule has 1 saturated carbocycles. The Morgan fingerprint density at radius 3 is 2.71 bits per heavy atom. The van der Waals surface area contributed by atoms with Gasteiger partial charge < -0.3 is 10.2 Å².